The van der Waals surface area contributed by atoms with E-state index < -0.39 is 0 Å². The minimum absolute atomic E-state index is 0.354. The summed E-state index contributed by atoms with van der Waals surface area (Å²) in [5, 5.41) is 1.00. The molecule has 108 valence electrons. The Kier molecular flexibility index (Phi) is 6.49. The van der Waals surface area contributed by atoms with Crippen LogP contribution in [0.15, 0.2) is 0 Å². The van der Waals surface area contributed by atoms with Gasteiger partial charge in [0.1, 0.15) is 0 Å². The third-order valence-corrected chi connectivity index (χ3v) is 4.79. The fourth-order valence-corrected chi connectivity index (χ4v) is 3.02. The molecule has 0 aliphatic carbocycles. The molecule has 0 aliphatic rings. The summed E-state index contributed by atoms with van der Waals surface area (Å²) in [6.07, 6.45) is 3.14. The number of carbonyl (C=O) groups is 1. The van der Waals surface area contributed by atoms with E-state index in [2.05, 4.69) is 39.5 Å². The summed E-state index contributed by atoms with van der Waals surface area (Å²) in [5.74, 6) is 1.00. The number of hydrogen-bond donors (Lipinski definition) is 0. The average Bonchev–Trinajstić information content (AvgIpc) is 2.87. The van der Waals surface area contributed by atoms with Crippen LogP contribution < -0.4 is 4.90 Å². The van der Waals surface area contributed by atoms with Crippen molar-refractivity contribution < 1.29 is 4.79 Å². The van der Waals surface area contributed by atoms with Crippen molar-refractivity contribution in [3.63, 3.8) is 0 Å². The molecule has 0 N–H and O–H groups in total. The summed E-state index contributed by atoms with van der Waals surface area (Å²) in [5.41, 5.74) is 0.972. The second kappa shape index (κ2) is 7.63. The molecular formula is C15H26N2OS. The number of carbonyl (C=O) groups excluding carboxylic acids is 1. The highest BCUT2D eigenvalue weighted by Gasteiger charge is 2.19. The molecule has 0 aromatic carbocycles. The summed E-state index contributed by atoms with van der Waals surface area (Å²) in [6.45, 7) is 12.8. The molecule has 1 aromatic heterocycles. The zero-order valence-corrected chi connectivity index (χ0v) is 13.6. The molecule has 0 saturated heterocycles. The number of rotatable bonds is 8. The fraction of sp³-hybridized carbons (Fsp3) is 0.733. The van der Waals surface area contributed by atoms with Crippen molar-refractivity contribution in [1.29, 1.82) is 0 Å². The second-order valence-corrected chi connectivity index (χ2v) is 6.23. The van der Waals surface area contributed by atoms with Crippen LogP contribution >= 0.6 is 11.3 Å². The number of aromatic nitrogens is 1. The molecule has 3 nitrogen and oxygen atoms in total. The first-order chi connectivity index (χ1) is 9.07. The van der Waals surface area contributed by atoms with Crippen LogP contribution in [0.1, 0.15) is 68.7 Å². The van der Waals surface area contributed by atoms with E-state index >= 15 is 0 Å². The standard InChI is InChI=1S/C15H26N2OS/c1-6-11(4)9-17(8-3)15-16-14(12(5)7-2)13(10-18)19-15/h10-12H,6-9H2,1-5H3. The predicted molar refractivity (Wildman–Crippen MR) is 83.5 cm³/mol. The Morgan fingerprint density at radius 2 is 1.95 bits per heavy atom. The van der Waals surface area contributed by atoms with Gasteiger partial charge in [0.2, 0.25) is 0 Å². The van der Waals surface area contributed by atoms with Gasteiger partial charge in [-0.15, -0.1) is 0 Å². The lowest BCUT2D eigenvalue weighted by Crippen LogP contribution is -2.27. The van der Waals surface area contributed by atoms with E-state index in [9.17, 15) is 4.79 Å². The van der Waals surface area contributed by atoms with Crippen LogP contribution in [0, 0.1) is 5.92 Å². The molecule has 1 rings (SSSR count). The van der Waals surface area contributed by atoms with Crippen molar-refractivity contribution in [3.8, 4) is 0 Å². The third-order valence-electron chi connectivity index (χ3n) is 3.74. The largest absolute Gasteiger partial charge is 0.348 e. The van der Waals surface area contributed by atoms with Crippen molar-refractivity contribution in [2.24, 2.45) is 5.92 Å². The van der Waals surface area contributed by atoms with Crippen LogP contribution in [0.4, 0.5) is 5.13 Å². The third kappa shape index (κ3) is 4.03. The van der Waals surface area contributed by atoms with Gasteiger partial charge in [0, 0.05) is 13.1 Å². The molecule has 4 heteroatoms. The molecule has 2 atom stereocenters. The zero-order chi connectivity index (χ0) is 14.4. The van der Waals surface area contributed by atoms with Crippen LogP contribution in [-0.2, 0) is 0 Å². The van der Waals surface area contributed by atoms with Gasteiger partial charge in [0.15, 0.2) is 11.4 Å². The van der Waals surface area contributed by atoms with Gasteiger partial charge >= 0.3 is 0 Å². The van der Waals surface area contributed by atoms with Gasteiger partial charge in [-0.05, 0) is 25.2 Å². The number of hydrogen-bond acceptors (Lipinski definition) is 4. The summed E-state index contributed by atoms with van der Waals surface area (Å²) < 4.78 is 0. The number of thiazole rings is 1. The van der Waals surface area contributed by atoms with E-state index in [1.807, 2.05) is 0 Å². The lowest BCUT2D eigenvalue weighted by Gasteiger charge is -2.23. The Morgan fingerprint density at radius 1 is 1.26 bits per heavy atom. The first kappa shape index (κ1) is 16.2. The Labute approximate surface area is 121 Å². The van der Waals surface area contributed by atoms with Crippen molar-refractivity contribution in [1.82, 2.24) is 4.98 Å². The van der Waals surface area contributed by atoms with Gasteiger partial charge in [-0.2, -0.15) is 0 Å². The van der Waals surface area contributed by atoms with Crippen molar-refractivity contribution in [2.45, 2.75) is 53.4 Å². The normalized spacial score (nSPS) is 14.2. The first-order valence-corrected chi connectivity index (χ1v) is 8.09. The van der Waals surface area contributed by atoms with E-state index in [0.717, 1.165) is 41.5 Å². The lowest BCUT2D eigenvalue weighted by molar-refractivity contribution is 0.112. The minimum Gasteiger partial charge on any atom is -0.348 e. The van der Waals surface area contributed by atoms with E-state index in [4.69, 9.17) is 4.98 Å². The molecule has 0 saturated carbocycles. The van der Waals surface area contributed by atoms with Crippen molar-refractivity contribution in [3.05, 3.63) is 10.6 Å². The zero-order valence-electron chi connectivity index (χ0n) is 12.8. The smallest absolute Gasteiger partial charge is 0.186 e. The predicted octanol–water partition coefficient (Wildman–Crippen LogP) is 4.34. The van der Waals surface area contributed by atoms with Gasteiger partial charge in [-0.1, -0.05) is 45.5 Å². The minimum atomic E-state index is 0.354. The van der Waals surface area contributed by atoms with Gasteiger partial charge in [-0.3, -0.25) is 4.79 Å². The van der Waals surface area contributed by atoms with Gasteiger partial charge in [-0.25, -0.2) is 4.98 Å². The molecule has 0 radical (unpaired) electrons. The fourth-order valence-electron chi connectivity index (χ4n) is 1.95. The first-order valence-electron chi connectivity index (χ1n) is 7.28. The SMILES string of the molecule is CCC(C)CN(CC)c1nc(C(C)CC)c(C=O)s1. The Bertz CT molecular complexity index is 403. The van der Waals surface area contributed by atoms with Gasteiger partial charge in [0.25, 0.3) is 0 Å². The van der Waals surface area contributed by atoms with Crippen LogP contribution in [0.5, 0.6) is 0 Å². The van der Waals surface area contributed by atoms with Crippen LogP contribution in [0.2, 0.25) is 0 Å². The van der Waals surface area contributed by atoms with E-state index in [-0.39, 0.29) is 0 Å². The molecule has 0 amide bonds. The molecule has 0 spiro atoms. The van der Waals surface area contributed by atoms with Crippen LogP contribution in [0.3, 0.4) is 0 Å². The number of aldehydes is 1. The maximum Gasteiger partial charge on any atom is 0.186 e. The van der Waals surface area contributed by atoms with Crippen molar-refractivity contribution in [2.75, 3.05) is 18.0 Å². The quantitative estimate of drug-likeness (QED) is 0.665. The number of nitrogens with zero attached hydrogens (tertiary/aromatic N) is 2. The van der Waals surface area contributed by atoms with E-state index in [0.29, 0.717) is 11.8 Å². The molecule has 1 aromatic rings. The van der Waals surface area contributed by atoms with Gasteiger partial charge < -0.3 is 4.90 Å². The molecule has 2 unspecified atom stereocenters. The van der Waals surface area contributed by atoms with E-state index in [1.165, 1.54) is 17.8 Å². The molecule has 0 aliphatic heterocycles. The number of anilines is 1. The molecule has 0 fully saturated rings. The summed E-state index contributed by atoms with van der Waals surface area (Å²) in [4.78, 5) is 19.0. The van der Waals surface area contributed by atoms with Crippen LogP contribution in [0.25, 0.3) is 0 Å². The van der Waals surface area contributed by atoms with Crippen LogP contribution in [-0.4, -0.2) is 24.4 Å². The highest BCUT2D eigenvalue weighted by molar-refractivity contribution is 7.17. The Hall–Kier alpha value is -0.900. The molecule has 19 heavy (non-hydrogen) atoms. The monoisotopic (exact) mass is 282 g/mol. The van der Waals surface area contributed by atoms with Crippen molar-refractivity contribution >= 4 is 22.8 Å². The summed E-state index contributed by atoms with van der Waals surface area (Å²) >= 11 is 1.54. The average molecular weight is 282 g/mol. The topological polar surface area (TPSA) is 33.2 Å². The maximum absolute atomic E-state index is 11.2. The molecule has 1 heterocycles. The summed E-state index contributed by atoms with van der Waals surface area (Å²) in [7, 11) is 0. The highest BCUT2D eigenvalue weighted by atomic mass is 32.1. The van der Waals surface area contributed by atoms with E-state index in [1.54, 1.807) is 0 Å². The highest BCUT2D eigenvalue weighted by Crippen LogP contribution is 2.31. The molecular weight excluding hydrogens is 256 g/mol. The van der Waals surface area contributed by atoms with Gasteiger partial charge in [0.05, 0.1) is 10.6 Å². The Morgan fingerprint density at radius 3 is 2.42 bits per heavy atom. The maximum atomic E-state index is 11.2. The summed E-state index contributed by atoms with van der Waals surface area (Å²) in [6, 6.07) is 0. The Balaban J connectivity index is 2.98. The molecule has 0 bridgehead atoms. The lowest BCUT2D eigenvalue weighted by atomic mass is 10.0. The second-order valence-electron chi connectivity index (χ2n) is 5.23.